The lowest BCUT2D eigenvalue weighted by Crippen LogP contribution is -2.55. The molecule has 0 radical (unpaired) electrons. The minimum absolute atomic E-state index is 0.251. The molecule has 4 nitrogen and oxygen atoms in total. The van der Waals surface area contributed by atoms with Gasteiger partial charge in [-0.1, -0.05) is 0 Å². The molecule has 4 heteroatoms. The summed E-state index contributed by atoms with van der Waals surface area (Å²) in [5.41, 5.74) is 0.602. The molecule has 0 saturated heterocycles. The Labute approximate surface area is 113 Å². The highest BCUT2D eigenvalue weighted by molar-refractivity contribution is 5.44. The van der Waals surface area contributed by atoms with E-state index in [4.69, 9.17) is 14.2 Å². The summed E-state index contributed by atoms with van der Waals surface area (Å²) in [6.45, 7) is 2.73. The Kier molecular flexibility index (Phi) is 3.15. The van der Waals surface area contributed by atoms with Gasteiger partial charge in [-0.3, -0.25) is 0 Å². The molecule has 2 aliphatic rings. The molecule has 1 N–H and O–H groups in total. The van der Waals surface area contributed by atoms with Crippen molar-refractivity contribution in [2.75, 3.05) is 13.7 Å². The van der Waals surface area contributed by atoms with Crippen LogP contribution in [0.3, 0.4) is 0 Å². The molecular formula is C15H20O4. The Hall–Kier alpha value is -1.26. The van der Waals surface area contributed by atoms with Crippen molar-refractivity contribution in [3.05, 3.63) is 23.8 Å². The topological polar surface area (TPSA) is 47.9 Å². The summed E-state index contributed by atoms with van der Waals surface area (Å²) in [5, 5.41) is 10.3. The first kappa shape index (κ1) is 12.8. The van der Waals surface area contributed by atoms with Crippen molar-refractivity contribution in [2.45, 2.75) is 44.0 Å². The Morgan fingerprint density at radius 2 is 2.16 bits per heavy atom. The zero-order valence-corrected chi connectivity index (χ0v) is 11.4. The summed E-state index contributed by atoms with van der Waals surface area (Å²) in [6.07, 6.45) is 2.17. The number of methoxy groups -OCH3 is 1. The molecule has 1 unspecified atom stereocenters. The average Bonchev–Trinajstić information content (AvgIpc) is 2.36. The molecular weight excluding hydrogens is 244 g/mol. The van der Waals surface area contributed by atoms with Gasteiger partial charge in [-0.2, -0.15) is 0 Å². The van der Waals surface area contributed by atoms with Gasteiger partial charge in [-0.05, 0) is 19.1 Å². The molecule has 3 rings (SSSR count). The molecule has 19 heavy (non-hydrogen) atoms. The summed E-state index contributed by atoms with van der Waals surface area (Å²) in [7, 11) is 1.63. The number of hydrogen-bond acceptors (Lipinski definition) is 4. The van der Waals surface area contributed by atoms with Crippen molar-refractivity contribution in [3.63, 3.8) is 0 Å². The largest absolute Gasteiger partial charge is 0.497 e. The SMILES string of the molecule is CCOC1CC2(C1)CC(O)c1ccc(OC)cc1O2. The van der Waals surface area contributed by atoms with Gasteiger partial charge in [0.1, 0.15) is 17.1 Å². The maximum atomic E-state index is 10.3. The highest BCUT2D eigenvalue weighted by Gasteiger charge is 2.51. The van der Waals surface area contributed by atoms with Gasteiger partial charge in [0.2, 0.25) is 0 Å². The predicted molar refractivity (Wildman–Crippen MR) is 70.6 cm³/mol. The number of fused-ring (bicyclic) bond motifs is 1. The fourth-order valence-electron chi connectivity index (χ4n) is 3.12. The molecule has 1 aromatic carbocycles. The van der Waals surface area contributed by atoms with Crippen molar-refractivity contribution in [1.82, 2.24) is 0 Å². The zero-order valence-electron chi connectivity index (χ0n) is 11.4. The lowest BCUT2D eigenvalue weighted by Gasteiger charge is -2.50. The van der Waals surface area contributed by atoms with Crippen LogP contribution in [0.5, 0.6) is 11.5 Å². The number of ether oxygens (including phenoxy) is 3. The van der Waals surface area contributed by atoms with Crippen LogP contribution in [0.25, 0.3) is 0 Å². The van der Waals surface area contributed by atoms with E-state index >= 15 is 0 Å². The third kappa shape index (κ3) is 2.19. The maximum Gasteiger partial charge on any atom is 0.129 e. The van der Waals surface area contributed by atoms with Crippen LogP contribution in [0.15, 0.2) is 18.2 Å². The molecule has 104 valence electrons. The molecule has 0 amide bonds. The first-order valence-electron chi connectivity index (χ1n) is 6.82. The van der Waals surface area contributed by atoms with E-state index in [0.717, 1.165) is 36.5 Å². The van der Waals surface area contributed by atoms with E-state index in [1.165, 1.54) is 0 Å². The normalized spacial score (nSPS) is 32.4. The molecule has 1 saturated carbocycles. The average molecular weight is 264 g/mol. The molecule has 1 aliphatic carbocycles. The number of rotatable bonds is 3. The van der Waals surface area contributed by atoms with Crippen molar-refractivity contribution < 1.29 is 19.3 Å². The maximum absolute atomic E-state index is 10.3. The van der Waals surface area contributed by atoms with Crippen LogP contribution >= 0.6 is 0 Å². The van der Waals surface area contributed by atoms with Gasteiger partial charge in [-0.15, -0.1) is 0 Å². The predicted octanol–water partition coefficient (Wildman–Crippen LogP) is 2.45. The minimum atomic E-state index is -0.461. The highest BCUT2D eigenvalue weighted by atomic mass is 16.5. The van der Waals surface area contributed by atoms with E-state index in [1.807, 2.05) is 25.1 Å². The van der Waals surface area contributed by atoms with Gasteiger partial charge in [0, 0.05) is 37.5 Å². The Bertz CT molecular complexity index is 465. The van der Waals surface area contributed by atoms with Crippen molar-refractivity contribution in [2.24, 2.45) is 0 Å². The van der Waals surface area contributed by atoms with Gasteiger partial charge in [0.25, 0.3) is 0 Å². The number of aliphatic hydroxyl groups excluding tert-OH is 1. The second kappa shape index (κ2) is 4.69. The van der Waals surface area contributed by atoms with Crippen LogP contribution in [-0.2, 0) is 4.74 Å². The van der Waals surface area contributed by atoms with Crippen molar-refractivity contribution in [1.29, 1.82) is 0 Å². The van der Waals surface area contributed by atoms with E-state index < -0.39 is 6.10 Å². The lowest BCUT2D eigenvalue weighted by atomic mass is 9.71. The van der Waals surface area contributed by atoms with Crippen molar-refractivity contribution >= 4 is 0 Å². The highest BCUT2D eigenvalue weighted by Crippen LogP contribution is 2.50. The van der Waals surface area contributed by atoms with E-state index in [1.54, 1.807) is 7.11 Å². The molecule has 0 aromatic heterocycles. The van der Waals surface area contributed by atoms with Crippen LogP contribution in [0, 0.1) is 0 Å². The summed E-state index contributed by atoms with van der Waals surface area (Å²) >= 11 is 0. The van der Waals surface area contributed by atoms with E-state index in [2.05, 4.69) is 0 Å². The third-order valence-electron chi connectivity index (χ3n) is 4.07. The van der Waals surface area contributed by atoms with Crippen LogP contribution in [0.1, 0.15) is 37.9 Å². The zero-order chi connectivity index (χ0) is 13.5. The summed E-state index contributed by atoms with van der Waals surface area (Å²) in [6, 6.07) is 5.59. The lowest BCUT2D eigenvalue weighted by molar-refractivity contribution is -0.147. The van der Waals surface area contributed by atoms with Gasteiger partial charge in [0.15, 0.2) is 0 Å². The minimum Gasteiger partial charge on any atom is -0.497 e. The molecule has 1 fully saturated rings. The van der Waals surface area contributed by atoms with Gasteiger partial charge in [0.05, 0.1) is 19.3 Å². The second-order valence-electron chi connectivity index (χ2n) is 5.39. The van der Waals surface area contributed by atoms with Gasteiger partial charge >= 0.3 is 0 Å². The molecule has 1 heterocycles. The Morgan fingerprint density at radius 3 is 2.84 bits per heavy atom. The first-order chi connectivity index (χ1) is 9.15. The van der Waals surface area contributed by atoms with Crippen LogP contribution in [-0.4, -0.2) is 30.5 Å². The fourth-order valence-corrected chi connectivity index (χ4v) is 3.12. The number of aliphatic hydroxyl groups is 1. The van der Waals surface area contributed by atoms with Crippen molar-refractivity contribution in [3.8, 4) is 11.5 Å². The van der Waals surface area contributed by atoms with Crippen LogP contribution < -0.4 is 9.47 Å². The summed E-state index contributed by atoms with van der Waals surface area (Å²) < 4.78 is 16.9. The standard InChI is InChI=1S/C15H20O4/c1-3-18-11-7-15(8-11)9-13(16)12-5-4-10(17-2)6-14(12)19-15/h4-6,11,13,16H,3,7-9H2,1-2H3. The monoisotopic (exact) mass is 264 g/mol. The molecule has 0 bridgehead atoms. The van der Waals surface area contributed by atoms with Gasteiger partial charge < -0.3 is 19.3 Å². The first-order valence-corrected chi connectivity index (χ1v) is 6.82. The van der Waals surface area contributed by atoms with E-state index in [9.17, 15) is 5.11 Å². The molecule has 1 aromatic rings. The van der Waals surface area contributed by atoms with E-state index in [-0.39, 0.29) is 11.7 Å². The quantitative estimate of drug-likeness (QED) is 0.911. The molecule has 1 spiro atoms. The second-order valence-corrected chi connectivity index (χ2v) is 5.39. The van der Waals surface area contributed by atoms with Crippen LogP contribution in [0.2, 0.25) is 0 Å². The number of benzene rings is 1. The summed E-state index contributed by atoms with van der Waals surface area (Å²) in [4.78, 5) is 0. The van der Waals surface area contributed by atoms with E-state index in [0.29, 0.717) is 6.42 Å². The van der Waals surface area contributed by atoms with Crippen LogP contribution in [0.4, 0.5) is 0 Å². The summed E-state index contributed by atoms with van der Waals surface area (Å²) in [5.74, 6) is 1.50. The molecule has 1 aliphatic heterocycles. The third-order valence-corrected chi connectivity index (χ3v) is 4.07. The smallest absolute Gasteiger partial charge is 0.129 e. The van der Waals surface area contributed by atoms with Gasteiger partial charge in [-0.25, -0.2) is 0 Å². The molecule has 1 atom stereocenters. The Morgan fingerprint density at radius 1 is 1.37 bits per heavy atom. The number of hydrogen-bond donors (Lipinski definition) is 1. The Balaban J connectivity index is 1.80. The fraction of sp³-hybridized carbons (Fsp3) is 0.600.